The number of aliphatic hydroxyl groups is 2. The molecule has 24 heavy (non-hydrogen) atoms. The zero-order valence-electron chi connectivity index (χ0n) is 14.6. The summed E-state index contributed by atoms with van der Waals surface area (Å²) in [5, 5.41) is 39.9. The van der Waals surface area contributed by atoms with Crippen LogP contribution in [0.2, 0.25) is 0 Å². The summed E-state index contributed by atoms with van der Waals surface area (Å²) < 4.78 is 0. The first-order valence-corrected chi connectivity index (χ1v) is 6.73. The molecule has 0 aromatic rings. The molecular weight excluding hydrogens is 320 g/mol. The van der Waals surface area contributed by atoms with Gasteiger partial charge in [0.2, 0.25) is 0 Å². The Hall–Kier alpha value is -2.45. The van der Waals surface area contributed by atoms with E-state index in [9.17, 15) is 14.4 Å². The van der Waals surface area contributed by atoms with Gasteiger partial charge in [-0.1, -0.05) is 33.1 Å². The maximum Gasteiger partial charge on any atom is 0.330 e. The van der Waals surface area contributed by atoms with Gasteiger partial charge in [-0.2, -0.15) is 0 Å². The minimum atomic E-state index is -1.10. The Morgan fingerprint density at radius 2 is 0.917 bits per heavy atom. The number of carboxylic acids is 3. The van der Waals surface area contributed by atoms with Gasteiger partial charge in [-0.25, -0.2) is 14.4 Å². The molecule has 0 bridgehead atoms. The molecule has 0 saturated heterocycles. The molecule has 0 atom stereocenters. The van der Waals surface area contributed by atoms with Crippen LogP contribution in [0.25, 0.3) is 0 Å². The van der Waals surface area contributed by atoms with Crippen molar-refractivity contribution in [2.45, 2.75) is 46.8 Å². The van der Waals surface area contributed by atoms with Crippen molar-refractivity contribution in [1.29, 1.82) is 0 Å². The highest BCUT2D eigenvalue weighted by molar-refractivity contribution is 5.85. The number of hydrogen-bond acceptors (Lipinski definition) is 5. The van der Waals surface area contributed by atoms with Gasteiger partial charge in [-0.05, 0) is 27.2 Å². The van der Waals surface area contributed by atoms with Gasteiger partial charge in [0.15, 0.2) is 6.29 Å². The highest BCUT2D eigenvalue weighted by Crippen LogP contribution is 1.88. The minimum Gasteiger partial charge on any atom is -0.478 e. The number of aliphatic hydroxyl groups excluding tert-OH is 1. The summed E-state index contributed by atoms with van der Waals surface area (Å²) >= 11 is 0. The first kappa shape index (κ1) is 29.5. The second-order valence-electron chi connectivity index (χ2n) is 4.53. The lowest BCUT2D eigenvalue weighted by Gasteiger charge is -1.94. The van der Waals surface area contributed by atoms with E-state index in [-0.39, 0.29) is 16.7 Å². The van der Waals surface area contributed by atoms with E-state index in [1.807, 2.05) is 6.92 Å². The van der Waals surface area contributed by atoms with Crippen molar-refractivity contribution >= 4 is 17.9 Å². The minimum absolute atomic E-state index is 0.176. The average Bonchev–Trinajstić information content (AvgIpc) is 2.40. The number of aliphatic carboxylic acids is 3. The van der Waals surface area contributed by atoms with Crippen molar-refractivity contribution in [2.24, 2.45) is 0 Å². The molecule has 8 nitrogen and oxygen atoms in total. The molecule has 0 fully saturated rings. The lowest BCUT2D eigenvalue weighted by atomic mass is 10.3. The third-order valence-corrected chi connectivity index (χ3v) is 1.64. The van der Waals surface area contributed by atoms with Crippen LogP contribution in [0.3, 0.4) is 0 Å². The van der Waals surface area contributed by atoms with Gasteiger partial charge in [0.05, 0.1) is 0 Å². The predicted octanol–water partition coefficient (Wildman–Crippen LogP) is 2.04. The van der Waals surface area contributed by atoms with Crippen molar-refractivity contribution in [3.63, 3.8) is 0 Å². The van der Waals surface area contributed by atoms with Crippen LogP contribution < -0.4 is 0 Å². The van der Waals surface area contributed by atoms with Crippen LogP contribution in [0.15, 0.2) is 36.5 Å². The van der Waals surface area contributed by atoms with Gasteiger partial charge in [0.1, 0.15) is 0 Å². The fourth-order valence-corrected chi connectivity index (χ4v) is 0.258. The van der Waals surface area contributed by atoms with Gasteiger partial charge < -0.3 is 25.5 Å². The fraction of sp³-hybridized carbons (Fsp3) is 0.438. The molecule has 0 aliphatic carbocycles. The number of carbonyl (C=O) groups is 3. The molecule has 0 saturated carbocycles. The Bertz CT molecular complexity index is 342. The maximum absolute atomic E-state index is 9.60. The van der Waals surface area contributed by atoms with E-state index in [1.54, 1.807) is 0 Å². The molecule has 0 heterocycles. The Labute approximate surface area is 142 Å². The molecule has 0 amide bonds. The van der Waals surface area contributed by atoms with Crippen LogP contribution in [0, 0.1) is 0 Å². The van der Waals surface area contributed by atoms with Gasteiger partial charge in [0.25, 0.3) is 0 Å². The van der Waals surface area contributed by atoms with Crippen LogP contribution in [-0.2, 0) is 14.4 Å². The molecule has 0 radical (unpaired) electrons. The standard InChI is InChI=1S/3C4H6O2.C4H10O2/c3*1-3(2)4(5)6;1-2-3-4(5)6/h3*1H2,2H3,(H,5,6);4-6H,2-3H2,1H3. The Morgan fingerprint density at radius 3 is 0.917 bits per heavy atom. The summed E-state index contributed by atoms with van der Waals surface area (Å²) in [5.41, 5.74) is 0.528. The number of rotatable bonds is 5. The molecule has 0 aliphatic heterocycles. The van der Waals surface area contributed by atoms with Crippen LogP contribution >= 0.6 is 0 Å². The SMILES string of the molecule is C=C(C)C(=O)O.C=C(C)C(=O)O.C=C(C)C(=O)O.CCCC(O)O. The molecule has 140 valence electrons. The quantitative estimate of drug-likeness (QED) is 0.374. The topological polar surface area (TPSA) is 152 Å². The summed E-state index contributed by atoms with van der Waals surface area (Å²) in [4.78, 5) is 28.8. The van der Waals surface area contributed by atoms with Gasteiger partial charge in [-0.15, -0.1) is 0 Å². The van der Waals surface area contributed by atoms with Crippen LogP contribution in [0.5, 0.6) is 0 Å². The maximum atomic E-state index is 9.60. The molecule has 0 spiro atoms. The summed E-state index contributed by atoms with van der Waals surface area (Å²) in [6, 6.07) is 0. The normalized spacial score (nSPS) is 8.12. The highest BCUT2D eigenvalue weighted by atomic mass is 16.5. The second kappa shape index (κ2) is 18.6. The zero-order valence-corrected chi connectivity index (χ0v) is 14.6. The van der Waals surface area contributed by atoms with E-state index in [4.69, 9.17) is 25.5 Å². The highest BCUT2D eigenvalue weighted by Gasteiger charge is 1.91. The molecule has 0 rings (SSSR count). The van der Waals surface area contributed by atoms with Gasteiger partial charge in [-0.3, -0.25) is 0 Å². The van der Waals surface area contributed by atoms with Gasteiger partial charge in [0, 0.05) is 16.7 Å². The van der Waals surface area contributed by atoms with E-state index in [0.717, 1.165) is 6.42 Å². The molecule has 0 aliphatic rings. The predicted molar refractivity (Wildman–Crippen MR) is 90.5 cm³/mol. The third kappa shape index (κ3) is 42.7. The smallest absolute Gasteiger partial charge is 0.330 e. The monoisotopic (exact) mass is 348 g/mol. The molecule has 8 heteroatoms. The van der Waals surface area contributed by atoms with Crippen molar-refractivity contribution in [2.75, 3.05) is 0 Å². The first-order valence-electron chi connectivity index (χ1n) is 6.73. The van der Waals surface area contributed by atoms with Crippen LogP contribution in [0.1, 0.15) is 40.5 Å². The zero-order chi connectivity index (χ0) is 20.5. The Morgan fingerprint density at radius 1 is 0.750 bits per heavy atom. The summed E-state index contributed by atoms with van der Waals surface area (Å²) in [6.45, 7) is 15.7. The van der Waals surface area contributed by atoms with Crippen molar-refractivity contribution < 1.29 is 39.9 Å². The lowest BCUT2D eigenvalue weighted by Crippen LogP contribution is -2.01. The summed E-state index contributed by atoms with van der Waals surface area (Å²) in [7, 11) is 0. The number of hydrogen-bond donors (Lipinski definition) is 5. The van der Waals surface area contributed by atoms with Crippen molar-refractivity contribution in [3.05, 3.63) is 36.5 Å². The third-order valence-electron chi connectivity index (χ3n) is 1.64. The lowest BCUT2D eigenvalue weighted by molar-refractivity contribution is -0.133. The van der Waals surface area contributed by atoms with Crippen LogP contribution in [-0.4, -0.2) is 49.7 Å². The Kier molecular flexibility index (Phi) is 22.9. The van der Waals surface area contributed by atoms with Crippen molar-refractivity contribution in [3.8, 4) is 0 Å². The van der Waals surface area contributed by atoms with Crippen molar-refractivity contribution in [1.82, 2.24) is 0 Å². The van der Waals surface area contributed by atoms with E-state index in [1.165, 1.54) is 20.8 Å². The largest absolute Gasteiger partial charge is 0.478 e. The van der Waals surface area contributed by atoms with E-state index in [2.05, 4.69) is 19.7 Å². The van der Waals surface area contributed by atoms with Crippen LogP contribution in [0.4, 0.5) is 0 Å². The molecular formula is C16H28O8. The average molecular weight is 348 g/mol. The Balaban J connectivity index is -0.000000111. The molecule has 0 aromatic heterocycles. The molecule has 0 unspecified atom stereocenters. The number of carboxylic acid groups (broad SMARTS) is 3. The van der Waals surface area contributed by atoms with Gasteiger partial charge >= 0.3 is 17.9 Å². The summed E-state index contributed by atoms with van der Waals surface area (Å²) in [6.07, 6.45) is 0.215. The van der Waals surface area contributed by atoms with E-state index < -0.39 is 24.2 Å². The fourth-order valence-electron chi connectivity index (χ4n) is 0.258. The second-order valence-corrected chi connectivity index (χ2v) is 4.53. The van der Waals surface area contributed by atoms with E-state index >= 15 is 0 Å². The first-order chi connectivity index (χ1) is 10.7. The summed E-state index contributed by atoms with van der Waals surface area (Å²) in [5.74, 6) is -2.81. The molecule has 0 aromatic carbocycles. The molecule has 5 N–H and O–H groups in total. The van der Waals surface area contributed by atoms with E-state index in [0.29, 0.717) is 6.42 Å².